The van der Waals surface area contributed by atoms with Gasteiger partial charge in [0, 0.05) is 10.4 Å². The van der Waals surface area contributed by atoms with Gasteiger partial charge in [-0.3, -0.25) is 14.5 Å². The summed E-state index contributed by atoms with van der Waals surface area (Å²) >= 11 is 1.61. The SMILES string of the molecule is CC(=O)c1cccc(OCC(=O)N(Cc2ccccc2)c2nc3c(s2)CCCC3)c1. The lowest BCUT2D eigenvalue weighted by atomic mass is 10.0. The van der Waals surface area contributed by atoms with Crippen LogP contribution in [-0.2, 0) is 24.2 Å². The molecule has 0 aliphatic heterocycles. The van der Waals surface area contributed by atoms with E-state index in [1.165, 1.54) is 18.2 Å². The highest BCUT2D eigenvalue weighted by Gasteiger charge is 2.24. The first-order chi connectivity index (χ1) is 14.6. The van der Waals surface area contributed by atoms with Crippen molar-refractivity contribution in [2.45, 2.75) is 39.2 Å². The molecule has 0 unspecified atom stereocenters. The summed E-state index contributed by atoms with van der Waals surface area (Å²) in [7, 11) is 0. The molecule has 0 N–H and O–H groups in total. The van der Waals surface area contributed by atoms with Crippen LogP contribution >= 0.6 is 11.3 Å². The Morgan fingerprint density at radius 1 is 1.07 bits per heavy atom. The van der Waals surface area contributed by atoms with Crippen LogP contribution in [0.2, 0.25) is 0 Å². The van der Waals surface area contributed by atoms with Crippen LogP contribution in [0.3, 0.4) is 0 Å². The Morgan fingerprint density at radius 2 is 1.87 bits per heavy atom. The smallest absolute Gasteiger partial charge is 0.267 e. The zero-order valence-electron chi connectivity index (χ0n) is 17.0. The number of carbonyl (C=O) groups is 2. The van der Waals surface area contributed by atoms with Gasteiger partial charge in [-0.25, -0.2) is 4.98 Å². The molecule has 0 spiro atoms. The molecule has 1 aliphatic carbocycles. The highest BCUT2D eigenvalue weighted by atomic mass is 32.1. The van der Waals surface area contributed by atoms with Gasteiger partial charge in [-0.2, -0.15) is 0 Å². The Morgan fingerprint density at radius 3 is 2.63 bits per heavy atom. The average molecular weight is 421 g/mol. The molecule has 0 saturated heterocycles. The van der Waals surface area contributed by atoms with Crippen molar-refractivity contribution in [1.82, 2.24) is 4.98 Å². The Bertz CT molecular complexity index is 1020. The van der Waals surface area contributed by atoms with Crippen molar-refractivity contribution in [2.24, 2.45) is 0 Å². The van der Waals surface area contributed by atoms with Crippen molar-refractivity contribution in [1.29, 1.82) is 0 Å². The third-order valence-electron chi connectivity index (χ3n) is 5.15. The molecule has 154 valence electrons. The molecule has 0 saturated carbocycles. The minimum Gasteiger partial charge on any atom is -0.484 e. The normalized spacial score (nSPS) is 12.8. The predicted molar refractivity (Wildman–Crippen MR) is 118 cm³/mol. The number of aryl methyl sites for hydroxylation is 2. The van der Waals surface area contributed by atoms with Crippen molar-refractivity contribution in [3.63, 3.8) is 0 Å². The molecule has 5 nitrogen and oxygen atoms in total. The topological polar surface area (TPSA) is 59.5 Å². The number of ketones is 1. The maximum Gasteiger partial charge on any atom is 0.267 e. The fourth-order valence-corrected chi connectivity index (χ4v) is 4.67. The van der Waals surface area contributed by atoms with Crippen molar-refractivity contribution in [3.8, 4) is 5.75 Å². The van der Waals surface area contributed by atoms with E-state index in [9.17, 15) is 9.59 Å². The molecule has 30 heavy (non-hydrogen) atoms. The van der Waals surface area contributed by atoms with Crippen molar-refractivity contribution < 1.29 is 14.3 Å². The summed E-state index contributed by atoms with van der Waals surface area (Å²) in [5.74, 6) is 0.318. The first kappa shape index (κ1) is 20.3. The van der Waals surface area contributed by atoms with E-state index >= 15 is 0 Å². The van der Waals surface area contributed by atoms with Crippen LogP contribution in [0.4, 0.5) is 5.13 Å². The van der Waals surface area contributed by atoms with Crippen LogP contribution in [0.15, 0.2) is 54.6 Å². The number of rotatable bonds is 7. The molecule has 1 aromatic heterocycles. The number of anilines is 1. The van der Waals surface area contributed by atoms with Crippen LogP contribution < -0.4 is 9.64 Å². The monoisotopic (exact) mass is 420 g/mol. The number of carbonyl (C=O) groups excluding carboxylic acids is 2. The molecule has 1 amide bonds. The number of hydrogen-bond donors (Lipinski definition) is 0. The van der Waals surface area contributed by atoms with Crippen molar-refractivity contribution >= 4 is 28.2 Å². The van der Waals surface area contributed by atoms with Gasteiger partial charge in [0.1, 0.15) is 5.75 Å². The molecule has 3 aromatic rings. The second kappa shape index (κ2) is 9.22. The van der Waals surface area contributed by atoms with Crippen LogP contribution in [-0.4, -0.2) is 23.3 Å². The van der Waals surface area contributed by atoms with E-state index in [1.807, 2.05) is 30.3 Å². The number of thiazole rings is 1. The lowest BCUT2D eigenvalue weighted by Crippen LogP contribution is -2.34. The Balaban J connectivity index is 1.54. The van der Waals surface area contributed by atoms with Gasteiger partial charge in [-0.1, -0.05) is 42.5 Å². The van der Waals surface area contributed by atoms with Crippen molar-refractivity contribution in [3.05, 3.63) is 76.3 Å². The summed E-state index contributed by atoms with van der Waals surface area (Å²) in [6.45, 7) is 1.84. The number of nitrogens with zero attached hydrogens (tertiary/aromatic N) is 2. The van der Waals surface area contributed by atoms with Gasteiger partial charge >= 0.3 is 0 Å². The van der Waals surface area contributed by atoms with E-state index in [4.69, 9.17) is 9.72 Å². The standard InChI is InChI=1S/C24H24N2O3S/c1-17(27)19-10-7-11-20(14-19)29-16-23(28)26(15-18-8-3-2-4-9-18)24-25-21-12-5-6-13-22(21)30-24/h2-4,7-11,14H,5-6,12-13,15-16H2,1H3. The van der Waals surface area contributed by atoms with Gasteiger partial charge in [0.2, 0.25) is 0 Å². The minimum atomic E-state index is -0.154. The fraction of sp³-hybridized carbons (Fsp3) is 0.292. The number of benzene rings is 2. The predicted octanol–water partition coefficient (Wildman–Crippen LogP) is 4.84. The fourth-order valence-electron chi connectivity index (χ4n) is 3.51. The van der Waals surface area contributed by atoms with E-state index < -0.39 is 0 Å². The number of aromatic nitrogens is 1. The summed E-state index contributed by atoms with van der Waals surface area (Å²) in [5, 5.41) is 0.733. The number of Topliss-reactive ketones (excluding diaryl/α,β-unsaturated/α-hetero) is 1. The first-order valence-electron chi connectivity index (χ1n) is 10.2. The second-order valence-corrected chi connectivity index (χ2v) is 8.47. The van der Waals surface area contributed by atoms with E-state index in [2.05, 4.69) is 0 Å². The minimum absolute atomic E-state index is 0.0363. The van der Waals surface area contributed by atoms with Crippen LogP contribution in [0.25, 0.3) is 0 Å². The van der Waals surface area contributed by atoms with Gasteiger partial charge < -0.3 is 4.74 Å². The molecule has 0 bridgehead atoms. The quantitative estimate of drug-likeness (QED) is 0.514. The zero-order valence-corrected chi connectivity index (χ0v) is 17.8. The van der Waals surface area contributed by atoms with Gasteiger partial charge in [0.15, 0.2) is 17.5 Å². The molecule has 0 radical (unpaired) electrons. The summed E-state index contributed by atoms with van der Waals surface area (Å²) in [6.07, 6.45) is 4.34. The third-order valence-corrected chi connectivity index (χ3v) is 6.33. The zero-order chi connectivity index (χ0) is 20.9. The average Bonchev–Trinajstić information content (AvgIpc) is 3.20. The number of fused-ring (bicyclic) bond motifs is 1. The van der Waals surface area contributed by atoms with Crippen LogP contribution in [0, 0.1) is 0 Å². The number of amides is 1. The summed E-state index contributed by atoms with van der Waals surface area (Å²) in [4.78, 5) is 32.5. The van der Waals surface area contributed by atoms with E-state index in [0.29, 0.717) is 17.9 Å². The highest BCUT2D eigenvalue weighted by molar-refractivity contribution is 7.15. The van der Waals surface area contributed by atoms with Gasteiger partial charge in [-0.05, 0) is 50.3 Å². The molecule has 1 aliphatic rings. The van der Waals surface area contributed by atoms with Gasteiger partial charge in [0.25, 0.3) is 5.91 Å². The summed E-state index contributed by atoms with van der Waals surface area (Å²) in [6, 6.07) is 16.8. The second-order valence-electron chi connectivity index (χ2n) is 7.41. The molecule has 0 atom stereocenters. The summed E-state index contributed by atoms with van der Waals surface area (Å²) < 4.78 is 5.73. The van der Waals surface area contributed by atoms with E-state index in [1.54, 1.807) is 40.5 Å². The van der Waals surface area contributed by atoms with Gasteiger partial charge in [-0.15, -0.1) is 11.3 Å². The molecule has 1 heterocycles. The summed E-state index contributed by atoms with van der Waals surface area (Å²) in [5.41, 5.74) is 2.73. The Labute approximate surface area is 180 Å². The molecule has 6 heteroatoms. The highest BCUT2D eigenvalue weighted by Crippen LogP contribution is 2.32. The third kappa shape index (κ3) is 4.76. The largest absolute Gasteiger partial charge is 0.484 e. The lowest BCUT2D eigenvalue weighted by Gasteiger charge is -2.20. The van der Waals surface area contributed by atoms with Gasteiger partial charge in [0.05, 0.1) is 12.2 Å². The van der Waals surface area contributed by atoms with Crippen LogP contribution in [0.1, 0.15) is 46.3 Å². The maximum absolute atomic E-state index is 13.2. The first-order valence-corrected chi connectivity index (χ1v) is 11.0. The molecular weight excluding hydrogens is 396 g/mol. The molecule has 2 aromatic carbocycles. The number of ether oxygens (including phenoxy) is 1. The van der Waals surface area contributed by atoms with E-state index in [-0.39, 0.29) is 18.3 Å². The Hall–Kier alpha value is -2.99. The van der Waals surface area contributed by atoms with E-state index in [0.717, 1.165) is 35.7 Å². The number of hydrogen-bond acceptors (Lipinski definition) is 5. The molecule has 4 rings (SSSR count). The Kier molecular flexibility index (Phi) is 6.23. The maximum atomic E-state index is 13.2. The lowest BCUT2D eigenvalue weighted by molar-refractivity contribution is -0.120. The van der Waals surface area contributed by atoms with Crippen LogP contribution in [0.5, 0.6) is 5.75 Å². The van der Waals surface area contributed by atoms with Crippen molar-refractivity contribution in [2.75, 3.05) is 11.5 Å². The molecular formula is C24H24N2O3S. The molecule has 0 fully saturated rings.